The highest BCUT2D eigenvalue weighted by atomic mass is 16.5. The molecule has 0 spiro atoms. The maximum absolute atomic E-state index is 13.7. The second kappa shape index (κ2) is 9.11. The molecule has 0 radical (unpaired) electrons. The molecule has 2 heteroatoms. The number of hydrogen-bond donors (Lipinski definition) is 0. The number of allylic oxidation sites excluding steroid dienone is 1. The Balaban J connectivity index is 1.51. The molecule has 0 unspecified atom stereocenters. The average molecular weight is 457 g/mol. The molecular weight excluding hydrogens is 404 g/mol. The van der Waals surface area contributed by atoms with E-state index in [2.05, 4.69) is 61.5 Å². The van der Waals surface area contributed by atoms with Crippen LogP contribution < -0.4 is 0 Å². The highest BCUT2D eigenvalue weighted by Gasteiger charge is 2.61. The zero-order valence-corrected chi connectivity index (χ0v) is 23.0. The van der Waals surface area contributed by atoms with Gasteiger partial charge in [-0.1, -0.05) is 59.5 Å². The van der Waals surface area contributed by atoms with Crippen molar-refractivity contribution in [2.45, 2.75) is 131 Å². The van der Waals surface area contributed by atoms with Crippen LogP contribution in [0.25, 0.3) is 0 Å². The number of hydrogen-bond acceptors (Lipinski definition) is 2. The third kappa shape index (κ3) is 4.76. The normalized spacial score (nSPS) is 41.9. The van der Waals surface area contributed by atoms with Crippen LogP contribution in [-0.4, -0.2) is 17.5 Å². The predicted molar refractivity (Wildman–Crippen MR) is 138 cm³/mol. The lowest BCUT2D eigenvalue weighted by Gasteiger charge is -2.58. The Morgan fingerprint density at radius 2 is 1.73 bits per heavy atom. The van der Waals surface area contributed by atoms with E-state index in [0.717, 1.165) is 30.6 Å². The maximum Gasteiger partial charge on any atom is 0.159 e. The molecule has 0 aliphatic heterocycles. The minimum atomic E-state index is -0.114. The molecule has 4 rings (SSSR count). The Bertz CT molecular complexity index is 757. The number of ether oxygens (including phenoxy) is 1. The van der Waals surface area contributed by atoms with Crippen molar-refractivity contribution in [1.29, 1.82) is 0 Å². The summed E-state index contributed by atoms with van der Waals surface area (Å²) in [4.78, 5) is 13.7. The fourth-order valence-electron chi connectivity index (χ4n) is 8.99. The Hall–Kier alpha value is -0.630. The van der Waals surface area contributed by atoms with Crippen molar-refractivity contribution in [2.24, 2.45) is 46.3 Å². The first-order valence-electron chi connectivity index (χ1n) is 14.3. The molecule has 0 N–H and O–H groups in total. The molecule has 0 amide bonds. The summed E-state index contributed by atoms with van der Waals surface area (Å²) < 4.78 is 6.36. The van der Waals surface area contributed by atoms with E-state index in [1.54, 1.807) is 0 Å². The monoisotopic (exact) mass is 456 g/mol. The Labute approximate surface area is 204 Å². The zero-order valence-electron chi connectivity index (χ0n) is 23.0. The van der Waals surface area contributed by atoms with Gasteiger partial charge in [-0.25, -0.2) is 0 Å². The van der Waals surface area contributed by atoms with Gasteiger partial charge >= 0.3 is 0 Å². The van der Waals surface area contributed by atoms with E-state index in [9.17, 15) is 4.79 Å². The third-order valence-electron chi connectivity index (χ3n) is 10.6. The van der Waals surface area contributed by atoms with E-state index in [-0.39, 0.29) is 23.0 Å². The second-order valence-corrected chi connectivity index (χ2v) is 14.4. The number of carbonyl (C=O) groups is 1. The van der Waals surface area contributed by atoms with E-state index >= 15 is 0 Å². The molecule has 188 valence electrons. The van der Waals surface area contributed by atoms with Crippen LogP contribution in [-0.2, 0) is 9.53 Å². The number of fused-ring (bicyclic) bond motifs is 5. The van der Waals surface area contributed by atoms with Gasteiger partial charge in [-0.3, -0.25) is 4.79 Å². The molecule has 0 saturated heterocycles. The van der Waals surface area contributed by atoms with Crippen molar-refractivity contribution in [3.05, 3.63) is 11.6 Å². The molecule has 0 aromatic heterocycles. The van der Waals surface area contributed by atoms with Crippen molar-refractivity contribution >= 4 is 5.78 Å². The first-order chi connectivity index (χ1) is 15.3. The first-order valence-corrected chi connectivity index (χ1v) is 14.3. The van der Waals surface area contributed by atoms with Crippen LogP contribution in [0.4, 0.5) is 0 Å². The van der Waals surface area contributed by atoms with Gasteiger partial charge in [0, 0.05) is 5.92 Å². The van der Waals surface area contributed by atoms with Crippen molar-refractivity contribution in [3.63, 3.8) is 0 Å². The van der Waals surface area contributed by atoms with Crippen LogP contribution in [0, 0.1) is 46.3 Å². The van der Waals surface area contributed by atoms with Crippen molar-refractivity contribution in [3.8, 4) is 0 Å². The van der Waals surface area contributed by atoms with Gasteiger partial charge in [0.15, 0.2) is 5.78 Å². The summed E-state index contributed by atoms with van der Waals surface area (Å²) in [6.07, 6.45) is 14.9. The van der Waals surface area contributed by atoms with E-state index < -0.39 is 0 Å². The fraction of sp³-hybridized carbons (Fsp3) is 0.903. The highest BCUT2D eigenvalue weighted by molar-refractivity contribution is 5.94. The van der Waals surface area contributed by atoms with Gasteiger partial charge in [-0.15, -0.1) is 0 Å². The molecule has 3 saturated carbocycles. The predicted octanol–water partition coefficient (Wildman–Crippen LogP) is 8.39. The molecule has 0 aromatic rings. The first kappa shape index (κ1) is 25.5. The largest absolute Gasteiger partial charge is 0.372 e. The van der Waals surface area contributed by atoms with Crippen LogP contribution in [0.15, 0.2) is 11.6 Å². The molecule has 2 nitrogen and oxygen atoms in total. The molecular formula is C31H52O2. The van der Waals surface area contributed by atoms with Crippen LogP contribution in [0.5, 0.6) is 0 Å². The van der Waals surface area contributed by atoms with E-state index in [1.165, 1.54) is 56.9 Å². The summed E-state index contributed by atoms with van der Waals surface area (Å²) in [6, 6.07) is 0. The average Bonchev–Trinajstić information content (AvgIpc) is 3.05. The zero-order chi connectivity index (χ0) is 24.2. The van der Waals surface area contributed by atoms with Gasteiger partial charge in [-0.2, -0.15) is 0 Å². The molecule has 0 bridgehead atoms. The standard InChI is InChI=1S/C31H52O2/c1-20(2)10-9-11-21(3)24-12-13-25-28-26(15-17-31(24,25)8)30(7)16-14-23(33-29(4,5)6)18-22(30)19-27(28)32/h19-21,23-26,28H,9-18H2,1-8H3/t21-,23-,24+,25-,26-,28-,30-,31+/m0/s1. The number of ketones is 1. The quantitative estimate of drug-likeness (QED) is 0.401. The van der Waals surface area contributed by atoms with Gasteiger partial charge < -0.3 is 4.74 Å². The molecule has 0 aromatic carbocycles. The summed E-state index contributed by atoms with van der Waals surface area (Å²) in [5.41, 5.74) is 1.87. The van der Waals surface area contributed by atoms with Crippen LogP contribution in [0.3, 0.4) is 0 Å². The third-order valence-corrected chi connectivity index (χ3v) is 10.6. The van der Waals surface area contributed by atoms with Crippen LogP contribution in [0.1, 0.15) is 120 Å². The Kier molecular flexibility index (Phi) is 7.03. The van der Waals surface area contributed by atoms with Crippen molar-refractivity contribution in [2.75, 3.05) is 0 Å². The molecule has 33 heavy (non-hydrogen) atoms. The maximum atomic E-state index is 13.7. The number of rotatable bonds is 6. The van der Waals surface area contributed by atoms with Gasteiger partial charge in [0.1, 0.15) is 0 Å². The van der Waals surface area contributed by atoms with E-state index in [1.807, 2.05) is 0 Å². The molecule has 8 atom stereocenters. The van der Waals surface area contributed by atoms with Gasteiger partial charge in [0.2, 0.25) is 0 Å². The fourth-order valence-corrected chi connectivity index (χ4v) is 8.99. The Morgan fingerprint density at radius 3 is 2.39 bits per heavy atom. The lowest BCUT2D eigenvalue weighted by molar-refractivity contribution is -0.137. The number of carbonyl (C=O) groups excluding carboxylic acids is 1. The van der Waals surface area contributed by atoms with Crippen molar-refractivity contribution in [1.82, 2.24) is 0 Å². The summed E-state index contributed by atoms with van der Waals surface area (Å²) in [5, 5.41) is 0. The molecule has 4 aliphatic rings. The van der Waals surface area contributed by atoms with Crippen LogP contribution >= 0.6 is 0 Å². The van der Waals surface area contributed by atoms with Gasteiger partial charge in [-0.05, 0) is 112 Å². The molecule has 3 fully saturated rings. The summed E-state index contributed by atoms with van der Waals surface area (Å²) in [7, 11) is 0. The SMILES string of the molecule is CC(C)CCC[C@H](C)[C@H]1CC[C@H]2[C@@H]3C(=O)C=C4C[C@@H](OC(C)(C)C)CC[C@]4(C)[C@H]3CC[C@]12C. The Morgan fingerprint density at radius 1 is 1.00 bits per heavy atom. The lowest BCUT2D eigenvalue weighted by Crippen LogP contribution is -2.54. The van der Waals surface area contributed by atoms with Crippen molar-refractivity contribution < 1.29 is 9.53 Å². The summed E-state index contributed by atoms with van der Waals surface area (Å²) >= 11 is 0. The van der Waals surface area contributed by atoms with E-state index in [4.69, 9.17) is 4.74 Å². The summed E-state index contributed by atoms with van der Waals surface area (Å²) in [5.74, 6) is 4.29. The molecule has 0 heterocycles. The van der Waals surface area contributed by atoms with Gasteiger partial charge in [0.05, 0.1) is 11.7 Å². The lowest BCUT2D eigenvalue weighted by atomic mass is 9.46. The summed E-state index contributed by atoms with van der Waals surface area (Å²) in [6.45, 7) is 18.7. The highest BCUT2D eigenvalue weighted by Crippen LogP contribution is 2.66. The molecule has 4 aliphatic carbocycles. The second-order valence-electron chi connectivity index (χ2n) is 14.4. The topological polar surface area (TPSA) is 26.3 Å². The minimum Gasteiger partial charge on any atom is -0.372 e. The smallest absolute Gasteiger partial charge is 0.159 e. The van der Waals surface area contributed by atoms with E-state index in [0.29, 0.717) is 23.0 Å². The van der Waals surface area contributed by atoms with Crippen LogP contribution in [0.2, 0.25) is 0 Å². The van der Waals surface area contributed by atoms with Gasteiger partial charge in [0.25, 0.3) is 0 Å². The minimum absolute atomic E-state index is 0.114.